The molecule has 0 spiro atoms. The molecule has 0 amide bonds. The average molecular weight is 292 g/mol. The lowest BCUT2D eigenvalue weighted by Crippen LogP contribution is -2.03. The zero-order chi connectivity index (χ0) is 14.4. The van der Waals surface area contributed by atoms with Crippen LogP contribution < -0.4 is 0 Å². The Morgan fingerprint density at radius 3 is 1.53 bits per heavy atom. The molecular formula is C15H33O3P. The van der Waals surface area contributed by atoms with E-state index in [0.717, 1.165) is 32.1 Å². The molecule has 19 heavy (non-hydrogen) atoms. The Morgan fingerprint density at radius 1 is 0.684 bits per heavy atom. The molecule has 0 aromatic heterocycles. The van der Waals surface area contributed by atoms with Crippen LogP contribution in [0, 0.1) is 0 Å². The predicted molar refractivity (Wildman–Crippen MR) is 83.0 cm³/mol. The molecule has 0 saturated carbocycles. The molecule has 0 bridgehead atoms. The van der Waals surface area contributed by atoms with Crippen LogP contribution in [-0.2, 0) is 13.6 Å². The fourth-order valence-electron chi connectivity index (χ4n) is 1.91. The number of rotatable bonds is 14. The molecule has 0 saturated heterocycles. The summed E-state index contributed by atoms with van der Waals surface area (Å²) >= 11 is 0. The van der Waals surface area contributed by atoms with Crippen LogP contribution in [0.2, 0.25) is 0 Å². The summed E-state index contributed by atoms with van der Waals surface area (Å²) in [7, 11) is -2.82. The van der Waals surface area contributed by atoms with Gasteiger partial charge in [0.15, 0.2) is 0 Å². The van der Waals surface area contributed by atoms with Crippen molar-refractivity contribution in [3.63, 3.8) is 0 Å². The van der Waals surface area contributed by atoms with Crippen molar-refractivity contribution in [3.8, 4) is 0 Å². The molecule has 0 heterocycles. The molecule has 116 valence electrons. The quantitative estimate of drug-likeness (QED) is 0.300. The lowest BCUT2D eigenvalue weighted by Gasteiger charge is -2.18. The highest BCUT2D eigenvalue weighted by molar-refractivity contribution is 7.53. The molecule has 3 nitrogen and oxygen atoms in total. The summed E-state index contributed by atoms with van der Waals surface area (Å²) < 4.78 is 23.5. The molecule has 0 aromatic carbocycles. The lowest BCUT2D eigenvalue weighted by molar-refractivity contribution is 0.197. The minimum absolute atomic E-state index is 0.550. The summed E-state index contributed by atoms with van der Waals surface area (Å²) in [6.07, 6.45) is 10.5. The van der Waals surface area contributed by atoms with Crippen LogP contribution in [-0.4, -0.2) is 19.4 Å². The highest BCUT2D eigenvalue weighted by Gasteiger charge is 2.22. The van der Waals surface area contributed by atoms with Crippen LogP contribution in [0.4, 0.5) is 0 Å². The van der Waals surface area contributed by atoms with Crippen molar-refractivity contribution in [1.82, 2.24) is 0 Å². The Labute approximate surface area is 120 Å². The van der Waals surface area contributed by atoms with E-state index in [1.54, 1.807) is 0 Å². The molecule has 0 aliphatic carbocycles. The third-order valence-corrected chi connectivity index (χ3v) is 5.22. The van der Waals surface area contributed by atoms with E-state index >= 15 is 0 Å². The van der Waals surface area contributed by atoms with E-state index < -0.39 is 7.60 Å². The third kappa shape index (κ3) is 11.7. The van der Waals surface area contributed by atoms with Crippen molar-refractivity contribution in [2.75, 3.05) is 19.4 Å². The van der Waals surface area contributed by atoms with Gasteiger partial charge in [0, 0.05) is 6.16 Å². The summed E-state index contributed by atoms with van der Waals surface area (Å²) in [4.78, 5) is 0. The van der Waals surface area contributed by atoms with Crippen molar-refractivity contribution < 1.29 is 13.6 Å². The molecule has 0 atom stereocenters. The highest BCUT2D eigenvalue weighted by Crippen LogP contribution is 2.49. The van der Waals surface area contributed by atoms with E-state index in [1.165, 1.54) is 25.7 Å². The second kappa shape index (κ2) is 13.1. The number of unbranched alkanes of at least 4 members (excludes halogenated alkanes) is 6. The Hall–Kier alpha value is 0.150. The van der Waals surface area contributed by atoms with Gasteiger partial charge in [-0.25, -0.2) is 0 Å². The highest BCUT2D eigenvalue weighted by atomic mass is 31.2. The van der Waals surface area contributed by atoms with Crippen molar-refractivity contribution in [2.45, 2.75) is 78.6 Å². The Morgan fingerprint density at radius 2 is 1.16 bits per heavy atom. The molecular weight excluding hydrogens is 259 g/mol. The second-order valence-corrected chi connectivity index (χ2v) is 7.31. The van der Waals surface area contributed by atoms with Gasteiger partial charge >= 0.3 is 7.60 Å². The van der Waals surface area contributed by atoms with Crippen LogP contribution in [0.15, 0.2) is 0 Å². The van der Waals surface area contributed by atoms with Crippen LogP contribution in [0.25, 0.3) is 0 Å². The Balaban J connectivity index is 3.80. The van der Waals surface area contributed by atoms with Crippen molar-refractivity contribution in [1.29, 1.82) is 0 Å². The molecule has 0 unspecified atom stereocenters. The molecule has 0 fully saturated rings. The summed E-state index contributed by atoms with van der Waals surface area (Å²) in [5, 5.41) is 0. The first kappa shape index (κ1) is 19.1. The van der Waals surface area contributed by atoms with E-state index in [0.29, 0.717) is 19.4 Å². The maximum atomic E-state index is 12.4. The van der Waals surface area contributed by atoms with Crippen molar-refractivity contribution >= 4 is 7.60 Å². The fraction of sp³-hybridized carbons (Fsp3) is 1.00. The van der Waals surface area contributed by atoms with E-state index in [4.69, 9.17) is 9.05 Å². The van der Waals surface area contributed by atoms with Crippen LogP contribution in [0.5, 0.6) is 0 Å². The van der Waals surface area contributed by atoms with E-state index in [2.05, 4.69) is 13.8 Å². The molecule has 0 radical (unpaired) electrons. The van der Waals surface area contributed by atoms with E-state index in [9.17, 15) is 4.57 Å². The lowest BCUT2D eigenvalue weighted by atomic mass is 10.2. The normalized spacial score (nSPS) is 11.9. The standard InChI is InChI=1S/C15H33O3P/c1-4-7-9-11-13-17-19(16,15-6-3)18-14-12-10-8-5-2/h4-15H2,1-3H3. The van der Waals surface area contributed by atoms with Gasteiger partial charge in [-0.15, -0.1) is 0 Å². The SMILES string of the molecule is CCCCCCOP(=O)(CCC)OCCCCCC. The van der Waals surface area contributed by atoms with E-state index in [-0.39, 0.29) is 0 Å². The van der Waals surface area contributed by atoms with Crippen LogP contribution >= 0.6 is 7.60 Å². The van der Waals surface area contributed by atoms with Gasteiger partial charge in [0.25, 0.3) is 0 Å². The Bertz CT molecular complexity index is 213. The molecule has 0 aromatic rings. The second-order valence-electron chi connectivity index (χ2n) is 5.12. The van der Waals surface area contributed by atoms with E-state index in [1.807, 2.05) is 6.92 Å². The van der Waals surface area contributed by atoms with Crippen LogP contribution in [0.3, 0.4) is 0 Å². The van der Waals surface area contributed by atoms with Crippen molar-refractivity contribution in [2.24, 2.45) is 0 Å². The number of hydrogen-bond donors (Lipinski definition) is 0. The topological polar surface area (TPSA) is 35.5 Å². The summed E-state index contributed by atoms with van der Waals surface area (Å²) in [5.41, 5.74) is 0. The van der Waals surface area contributed by atoms with Gasteiger partial charge < -0.3 is 9.05 Å². The maximum absolute atomic E-state index is 12.4. The minimum atomic E-state index is -2.82. The zero-order valence-corrected chi connectivity index (χ0v) is 14.1. The predicted octanol–water partition coefficient (Wildman–Crippen LogP) is 5.78. The van der Waals surface area contributed by atoms with Gasteiger partial charge in [-0.05, 0) is 19.3 Å². The van der Waals surface area contributed by atoms with Crippen LogP contribution in [0.1, 0.15) is 78.6 Å². The Kier molecular flexibility index (Phi) is 13.3. The first-order chi connectivity index (χ1) is 9.18. The summed E-state index contributed by atoms with van der Waals surface area (Å²) in [6.45, 7) is 7.54. The van der Waals surface area contributed by atoms with Gasteiger partial charge in [-0.3, -0.25) is 4.57 Å². The number of hydrogen-bond acceptors (Lipinski definition) is 3. The molecule has 0 N–H and O–H groups in total. The average Bonchev–Trinajstić information content (AvgIpc) is 2.39. The molecule has 0 rings (SSSR count). The minimum Gasteiger partial charge on any atom is -0.309 e. The molecule has 0 aliphatic rings. The third-order valence-electron chi connectivity index (χ3n) is 3.07. The maximum Gasteiger partial charge on any atom is 0.330 e. The largest absolute Gasteiger partial charge is 0.330 e. The van der Waals surface area contributed by atoms with Gasteiger partial charge in [-0.1, -0.05) is 59.3 Å². The first-order valence-corrected chi connectivity index (χ1v) is 9.79. The van der Waals surface area contributed by atoms with Gasteiger partial charge in [0.05, 0.1) is 13.2 Å². The molecule has 4 heteroatoms. The van der Waals surface area contributed by atoms with Gasteiger partial charge in [-0.2, -0.15) is 0 Å². The van der Waals surface area contributed by atoms with Gasteiger partial charge in [0.2, 0.25) is 0 Å². The first-order valence-electron chi connectivity index (χ1n) is 8.06. The van der Waals surface area contributed by atoms with Gasteiger partial charge in [0.1, 0.15) is 0 Å². The smallest absolute Gasteiger partial charge is 0.309 e. The fourth-order valence-corrected chi connectivity index (χ4v) is 3.60. The summed E-state index contributed by atoms with van der Waals surface area (Å²) in [5.74, 6) is 0. The van der Waals surface area contributed by atoms with Crippen molar-refractivity contribution in [3.05, 3.63) is 0 Å². The summed E-state index contributed by atoms with van der Waals surface area (Å²) in [6, 6.07) is 0. The molecule has 0 aliphatic heterocycles. The monoisotopic (exact) mass is 292 g/mol. The zero-order valence-electron chi connectivity index (χ0n) is 13.2.